The quantitative estimate of drug-likeness (QED) is 0.792. The number of rotatable bonds is 7. The molecule has 5 heteroatoms. The minimum Gasteiger partial charge on any atom is -0.478 e. The first-order valence-electron chi connectivity index (χ1n) is 10.1. The predicted molar refractivity (Wildman–Crippen MR) is 111 cm³/mol. The summed E-state index contributed by atoms with van der Waals surface area (Å²) in [7, 11) is 2.16. The number of carboxylic acids is 1. The van der Waals surface area contributed by atoms with Gasteiger partial charge in [0.1, 0.15) is 0 Å². The Balaban J connectivity index is 1.82. The maximum absolute atomic E-state index is 12.9. The number of aryl methyl sites for hydroxylation is 3. The van der Waals surface area contributed by atoms with E-state index < -0.39 is 5.97 Å². The maximum atomic E-state index is 12.9. The van der Waals surface area contributed by atoms with Crippen LogP contribution in [0.1, 0.15) is 58.4 Å². The second kappa shape index (κ2) is 8.74. The Kier molecular flexibility index (Phi) is 6.35. The number of hydrogen-bond donors (Lipinski definition) is 1. The molecule has 1 aromatic carbocycles. The van der Waals surface area contributed by atoms with E-state index in [-0.39, 0.29) is 11.1 Å². The first-order chi connectivity index (χ1) is 13.4. The minimum atomic E-state index is -0.922. The average molecular weight is 383 g/mol. The molecular formula is C23H30N2O3. The highest BCUT2D eigenvalue weighted by molar-refractivity contribution is 5.87. The van der Waals surface area contributed by atoms with Crippen molar-refractivity contribution >= 4 is 5.97 Å². The van der Waals surface area contributed by atoms with Gasteiger partial charge in [-0.05, 0) is 69.5 Å². The van der Waals surface area contributed by atoms with E-state index in [2.05, 4.69) is 18.9 Å². The van der Waals surface area contributed by atoms with Gasteiger partial charge in [0.15, 0.2) is 0 Å². The monoisotopic (exact) mass is 382 g/mol. The molecule has 1 fully saturated rings. The van der Waals surface area contributed by atoms with Crippen LogP contribution in [-0.2, 0) is 19.5 Å². The zero-order chi connectivity index (χ0) is 20.3. The third-order valence-electron chi connectivity index (χ3n) is 5.97. The van der Waals surface area contributed by atoms with Crippen molar-refractivity contribution in [1.82, 2.24) is 9.47 Å². The number of carboxylic acid groups (broad SMARTS) is 1. The molecule has 0 unspecified atom stereocenters. The molecule has 150 valence electrons. The van der Waals surface area contributed by atoms with Crippen LogP contribution in [0, 0.1) is 13.8 Å². The standard InChI is InChI=1S/C23H30N2O3/c1-16-14-17(2)22(26)25(21(16)15-24(3)20-6-4-5-7-20)13-12-18-8-10-19(11-9-18)23(27)28/h8-11,14,20H,4-7,12-13,15H2,1-3H3,(H,27,28). The zero-order valence-electron chi connectivity index (χ0n) is 17.1. The van der Waals surface area contributed by atoms with E-state index in [4.69, 9.17) is 5.11 Å². The maximum Gasteiger partial charge on any atom is 0.335 e. The molecule has 3 rings (SSSR count). The van der Waals surface area contributed by atoms with E-state index in [9.17, 15) is 9.59 Å². The summed E-state index contributed by atoms with van der Waals surface area (Å²) in [6.45, 7) is 5.34. The van der Waals surface area contributed by atoms with Crippen LogP contribution < -0.4 is 5.56 Å². The molecular weight excluding hydrogens is 352 g/mol. The largest absolute Gasteiger partial charge is 0.478 e. The van der Waals surface area contributed by atoms with Crippen molar-refractivity contribution in [3.8, 4) is 0 Å². The molecule has 0 aliphatic heterocycles. The first kappa shape index (κ1) is 20.3. The zero-order valence-corrected chi connectivity index (χ0v) is 17.1. The summed E-state index contributed by atoms with van der Waals surface area (Å²) in [5, 5.41) is 9.04. The number of hydrogen-bond acceptors (Lipinski definition) is 3. The van der Waals surface area contributed by atoms with Crippen LogP contribution in [-0.4, -0.2) is 33.6 Å². The molecule has 1 saturated carbocycles. The summed E-state index contributed by atoms with van der Waals surface area (Å²) < 4.78 is 1.92. The summed E-state index contributed by atoms with van der Waals surface area (Å²) >= 11 is 0. The van der Waals surface area contributed by atoms with Crippen molar-refractivity contribution in [2.75, 3.05) is 7.05 Å². The summed E-state index contributed by atoms with van der Waals surface area (Å²) in [5.74, 6) is -0.922. The van der Waals surface area contributed by atoms with Gasteiger partial charge in [-0.1, -0.05) is 25.0 Å². The van der Waals surface area contributed by atoms with Gasteiger partial charge in [0, 0.05) is 30.4 Å². The molecule has 0 bridgehead atoms. The minimum absolute atomic E-state index is 0.0718. The fourth-order valence-electron chi connectivity index (χ4n) is 4.23. The Hall–Kier alpha value is -2.40. The van der Waals surface area contributed by atoms with Crippen LogP contribution in [0.5, 0.6) is 0 Å². The summed E-state index contributed by atoms with van der Waals surface area (Å²) in [6.07, 6.45) is 5.76. The summed E-state index contributed by atoms with van der Waals surface area (Å²) in [4.78, 5) is 26.3. The van der Waals surface area contributed by atoms with Crippen LogP contribution in [0.4, 0.5) is 0 Å². The lowest BCUT2D eigenvalue weighted by atomic mass is 10.1. The van der Waals surface area contributed by atoms with Gasteiger partial charge in [0.25, 0.3) is 5.56 Å². The van der Waals surface area contributed by atoms with Crippen molar-refractivity contribution in [2.24, 2.45) is 0 Å². The van der Waals surface area contributed by atoms with Gasteiger partial charge in [0.05, 0.1) is 5.56 Å². The lowest BCUT2D eigenvalue weighted by Crippen LogP contribution is -2.34. The Labute approximate surface area is 166 Å². The molecule has 0 saturated heterocycles. The summed E-state index contributed by atoms with van der Waals surface area (Å²) in [6, 6.07) is 9.52. The molecule has 1 heterocycles. The predicted octanol–water partition coefficient (Wildman–Crippen LogP) is 3.78. The van der Waals surface area contributed by atoms with E-state index in [0.29, 0.717) is 19.0 Å². The van der Waals surface area contributed by atoms with Gasteiger partial charge in [-0.25, -0.2) is 4.79 Å². The van der Waals surface area contributed by atoms with Gasteiger partial charge >= 0.3 is 5.97 Å². The second-order valence-electron chi connectivity index (χ2n) is 8.02. The van der Waals surface area contributed by atoms with Gasteiger partial charge in [-0.15, -0.1) is 0 Å². The Morgan fingerprint density at radius 1 is 1.14 bits per heavy atom. The molecule has 1 N–H and O–H groups in total. The molecule has 1 aliphatic rings. The topological polar surface area (TPSA) is 62.5 Å². The Morgan fingerprint density at radius 3 is 2.39 bits per heavy atom. The van der Waals surface area contributed by atoms with Crippen molar-refractivity contribution in [2.45, 2.75) is 65.1 Å². The number of pyridine rings is 1. The third kappa shape index (κ3) is 4.53. The highest BCUT2D eigenvalue weighted by Gasteiger charge is 2.21. The molecule has 1 aliphatic carbocycles. The Morgan fingerprint density at radius 2 is 1.79 bits per heavy atom. The number of aromatic carboxylic acids is 1. The smallest absolute Gasteiger partial charge is 0.335 e. The molecule has 2 aromatic rings. The SMILES string of the molecule is Cc1cc(C)c(=O)n(CCc2ccc(C(=O)O)cc2)c1CN(C)C1CCCC1. The molecule has 0 spiro atoms. The van der Waals surface area contributed by atoms with Crippen molar-refractivity contribution in [1.29, 1.82) is 0 Å². The van der Waals surface area contributed by atoms with Gasteiger partial charge in [0.2, 0.25) is 0 Å². The summed E-state index contributed by atoms with van der Waals surface area (Å²) in [5.41, 5.74) is 4.40. The fraction of sp³-hybridized carbons (Fsp3) is 0.478. The Bertz CT molecular complexity index is 893. The van der Waals surface area contributed by atoms with Gasteiger partial charge in [-0.3, -0.25) is 9.69 Å². The van der Waals surface area contributed by atoms with Crippen molar-refractivity contribution < 1.29 is 9.90 Å². The van der Waals surface area contributed by atoms with Crippen LogP contribution in [0.2, 0.25) is 0 Å². The van der Waals surface area contributed by atoms with Crippen LogP contribution >= 0.6 is 0 Å². The lowest BCUT2D eigenvalue weighted by molar-refractivity contribution is 0.0697. The average Bonchev–Trinajstić information content (AvgIpc) is 3.21. The van der Waals surface area contributed by atoms with Crippen molar-refractivity contribution in [3.05, 3.63) is 68.6 Å². The number of nitrogens with zero attached hydrogens (tertiary/aromatic N) is 2. The molecule has 5 nitrogen and oxygen atoms in total. The highest BCUT2D eigenvalue weighted by atomic mass is 16.4. The fourth-order valence-corrected chi connectivity index (χ4v) is 4.23. The van der Waals surface area contributed by atoms with Crippen LogP contribution in [0.25, 0.3) is 0 Å². The lowest BCUT2D eigenvalue weighted by Gasteiger charge is -2.27. The number of carbonyl (C=O) groups is 1. The van der Waals surface area contributed by atoms with E-state index in [1.807, 2.05) is 29.7 Å². The van der Waals surface area contributed by atoms with Crippen LogP contribution in [0.15, 0.2) is 35.1 Å². The number of benzene rings is 1. The molecule has 28 heavy (non-hydrogen) atoms. The number of aromatic nitrogens is 1. The first-order valence-corrected chi connectivity index (χ1v) is 10.1. The molecule has 0 radical (unpaired) electrons. The van der Waals surface area contributed by atoms with Crippen LogP contribution in [0.3, 0.4) is 0 Å². The highest BCUT2D eigenvalue weighted by Crippen LogP contribution is 2.24. The van der Waals surface area contributed by atoms with E-state index in [1.165, 1.54) is 25.7 Å². The van der Waals surface area contributed by atoms with Gasteiger partial charge in [-0.2, -0.15) is 0 Å². The van der Waals surface area contributed by atoms with Crippen molar-refractivity contribution in [3.63, 3.8) is 0 Å². The third-order valence-corrected chi connectivity index (χ3v) is 5.97. The van der Waals surface area contributed by atoms with E-state index >= 15 is 0 Å². The molecule has 0 atom stereocenters. The van der Waals surface area contributed by atoms with E-state index in [0.717, 1.165) is 28.9 Å². The van der Waals surface area contributed by atoms with Gasteiger partial charge < -0.3 is 9.67 Å². The molecule has 0 amide bonds. The normalized spacial score (nSPS) is 14.7. The van der Waals surface area contributed by atoms with E-state index in [1.54, 1.807) is 12.1 Å². The molecule has 1 aromatic heterocycles. The second-order valence-corrected chi connectivity index (χ2v) is 8.02.